The number of pyridine rings is 1. The van der Waals surface area contributed by atoms with Gasteiger partial charge in [-0.25, -0.2) is 0 Å². The minimum atomic E-state index is -0.382. The van der Waals surface area contributed by atoms with E-state index in [-0.39, 0.29) is 22.9 Å². The fraction of sp³-hybridized carbons (Fsp3) is 0.444. The second-order valence-corrected chi connectivity index (χ2v) is 7.03. The Bertz CT molecular complexity index is 784. The van der Waals surface area contributed by atoms with Gasteiger partial charge < -0.3 is 9.88 Å². The van der Waals surface area contributed by atoms with Gasteiger partial charge in [0.1, 0.15) is 6.04 Å². The number of hydrogen-bond acceptors (Lipinski definition) is 2. The Morgan fingerprint density at radius 3 is 2.64 bits per heavy atom. The van der Waals surface area contributed by atoms with Crippen molar-refractivity contribution in [2.75, 3.05) is 6.54 Å². The molecule has 1 aromatic carbocycles. The first-order chi connectivity index (χ1) is 10.4. The summed E-state index contributed by atoms with van der Waals surface area (Å²) in [5, 5.41) is 4.45. The van der Waals surface area contributed by atoms with E-state index in [2.05, 4.69) is 32.2 Å². The van der Waals surface area contributed by atoms with Crippen LogP contribution in [0.3, 0.4) is 0 Å². The van der Waals surface area contributed by atoms with Crippen LogP contribution in [0.5, 0.6) is 0 Å². The fourth-order valence-electron chi connectivity index (χ4n) is 3.00. The predicted octanol–water partition coefficient (Wildman–Crippen LogP) is 2.75. The number of hydrogen-bond donors (Lipinski definition) is 1. The van der Waals surface area contributed by atoms with Crippen molar-refractivity contribution in [1.82, 2.24) is 9.88 Å². The highest BCUT2D eigenvalue weighted by Crippen LogP contribution is 2.25. The van der Waals surface area contributed by atoms with E-state index in [0.717, 1.165) is 18.2 Å². The van der Waals surface area contributed by atoms with E-state index in [4.69, 9.17) is 0 Å². The van der Waals surface area contributed by atoms with Crippen LogP contribution in [0.25, 0.3) is 10.8 Å². The first-order valence-electron chi connectivity index (χ1n) is 7.81. The summed E-state index contributed by atoms with van der Waals surface area (Å²) in [5.74, 6) is -0.0565. The number of nitrogens with one attached hydrogen (secondary N) is 1. The highest BCUT2D eigenvalue weighted by Gasteiger charge is 2.25. The molecule has 1 aromatic heterocycles. The lowest BCUT2D eigenvalue weighted by molar-refractivity contribution is -0.125. The van der Waals surface area contributed by atoms with Crippen molar-refractivity contribution in [2.45, 2.75) is 45.1 Å². The van der Waals surface area contributed by atoms with Crippen LogP contribution in [-0.4, -0.2) is 17.0 Å². The topological polar surface area (TPSA) is 51.1 Å². The van der Waals surface area contributed by atoms with Gasteiger partial charge >= 0.3 is 0 Å². The van der Waals surface area contributed by atoms with Crippen LogP contribution >= 0.6 is 0 Å². The van der Waals surface area contributed by atoms with Crippen LogP contribution in [0.1, 0.15) is 45.2 Å². The summed E-state index contributed by atoms with van der Waals surface area (Å²) in [7, 11) is 0. The fourth-order valence-corrected chi connectivity index (χ4v) is 3.00. The zero-order chi connectivity index (χ0) is 15.9. The van der Waals surface area contributed by atoms with E-state index in [9.17, 15) is 9.59 Å². The number of rotatable bonds is 1. The molecule has 0 radical (unpaired) electrons. The van der Waals surface area contributed by atoms with E-state index in [1.807, 2.05) is 18.2 Å². The zero-order valence-corrected chi connectivity index (χ0v) is 13.3. The van der Waals surface area contributed by atoms with E-state index in [1.165, 1.54) is 5.56 Å². The van der Waals surface area contributed by atoms with Gasteiger partial charge in [0.25, 0.3) is 5.56 Å². The third kappa shape index (κ3) is 2.54. The summed E-state index contributed by atoms with van der Waals surface area (Å²) in [5.41, 5.74) is 1.17. The predicted molar refractivity (Wildman–Crippen MR) is 88.2 cm³/mol. The Hall–Kier alpha value is -2.10. The standard InChI is InChI=1S/C18H22N2O2/c1-18(2,3)13-6-7-14-12(11-13)8-10-20(17(14)22)15-5-4-9-19-16(15)21/h6-8,10-11,15H,4-5,9H2,1-3H3,(H,19,21). The van der Waals surface area contributed by atoms with E-state index >= 15 is 0 Å². The van der Waals surface area contributed by atoms with E-state index < -0.39 is 0 Å². The monoisotopic (exact) mass is 298 g/mol. The third-order valence-electron chi connectivity index (χ3n) is 4.39. The molecule has 0 bridgehead atoms. The maximum Gasteiger partial charge on any atom is 0.259 e. The second kappa shape index (κ2) is 5.27. The molecule has 2 heterocycles. The van der Waals surface area contributed by atoms with Crippen molar-refractivity contribution in [3.63, 3.8) is 0 Å². The molecule has 0 saturated carbocycles. The molecule has 1 aliphatic rings. The molecule has 116 valence electrons. The maximum atomic E-state index is 12.7. The Kier molecular flexibility index (Phi) is 3.55. The van der Waals surface area contributed by atoms with Crippen molar-refractivity contribution < 1.29 is 4.79 Å². The molecule has 2 aromatic rings. The molecule has 1 N–H and O–H groups in total. The summed E-state index contributed by atoms with van der Waals surface area (Å²) in [4.78, 5) is 24.7. The van der Waals surface area contributed by atoms with Gasteiger partial charge in [-0.3, -0.25) is 9.59 Å². The third-order valence-corrected chi connectivity index (χ3v) is 4.39. The molecule has 3 rings (SSSR count). The lowest BCUT2D eigenvalue weighted by Crippen LogP contribution is -2.41. The minimum Gasteiger partial charge on any atom is -0.354 e. The molecule has 4 nitrogen and oxygen atoms in total. The first kappa shape index (κ1) is 14.8. The Morgan fingerprint density at radius 2 is 1.95 bits per heavy atom. The van der Waals surface area contributed by atoms with Gasteiger partial charge in [0, 0.05) is 18.1 Å². The van der Waals surface area contributed by atoms with Crippen LogP contribution in [0, 0.1) is 0 Å². The number of benzene rings is 1. The van der Waals surface area contributed by atoms with Crippen molar-refractivity contribution >= 4 is 16.7 Å². The highest BCUT2D eigenvalue weighted by atomic mass is 16.2. The van der Waals surface area contributed by atoms with Gasteiger partial charge in [-0.2, -0.15) is 0 Å². The van der Waals surface area contributed by atoms with Gasteiger partial charge in [-0.1, -0.05) is 32.9 Å². The number of fused-ring (bicyclic) bond motifs is 1. The Balaban J connectivity index is 2.10. The molecule has 1 aliphatic heterocycles. The minimum absolute atomic E-state index is 0.0479. The van der Waals surface area contributed by atoms with Crippen LogP contribution in [0.4, 0.5) is 0 Å². The molecule has 1 atom stereocenters. The molecular weight excluding hydrogens is 276 g/mol. The lowest BCUT2D eigenvalue weighted by Gasteiger charge is -2.24. The number of aromatic nitrogens is 1. The van der Waals surface area contributed by atoms with Crippen LogP contribution in [0.15, 0.2) is 35.3 Å². The number of piperidine rings is 1. The smallest absolute Gasteiger partial charge is 0.259 e. The Morgan fingerprint density at radius 1 is 1.18 bits per heavy atom. The van der Waals surface area contributed by atoms with Crippen molar-refractivity contribution in [3.05, 3.63) is 46.4 Å². The molecule has 1 saturated heterocycles. The average Bonchev–Trinajstić information content (AvgIpc) is 2.47. The van der Waals surface area contributed by atoms with Gasteiger partial charge in [0.2, 0.25) is 5.91 Å². The summed E-state index contributed by atoms with van der Waals surface area (Å²) in [6, 6.07) is 7.52. The molecule has 1 amide bonds. The van der Waals surface area contributed by atoms with Crippen molar-refractivity contribution in [2.24, 2.45) is 0 Å². The number of carbonyl (C=O) groups is 1. The molecule has 0 aliphatic carbocycles. The summed E-state index contributed by atoms with van der Waals surface area (Å²) in [6.07, 6.45) is 3.38. The quantitative estimate of drug-likeness (QED) is 0.880. The molecule has 1 fully saturated rings. The summed E-state index contributed by atoms with van der Waals surface area (Å²) >= 11 is 0. The molecule has 22 heavy (non-hydrogen) atoms. The van der Waals surface area contributed by atoms with Crippen LogP contribution in [0.2, 0.25) is 0 Å². The largest absolute Gasteiger partial charge is 0.354 e. The average molecular weight is 298 g/mol. The van der Waals surface area contributed by atoms with Crippen molar-refractivity contribution in [3.8, 4) is 0 Å². The van der Waals surface area contributed by atoms with E-state index in [1.54, 1.807) is 10.8 Å². The van der Waals surface area contributed by atoms with Gasteiger partial charge in [0.05, 0.1) is 0 Å². The van der Waals surface area contributed by atoms with Gasteiger partial charge in [-0.05, 0) is 41.3 Å². The van der Waals surface area contributed by atoms with Crippen molar-refractivity contribution in [1.29, 1.82) is 0 Å². The molecular formula is C18H22N2O2. The van der Waals surface area contributed by atoms with Crippen LogP contribution in [-0.2, 0) is 10.2 Å². The maximum absolute atomic E-state index is 12.7. The summed E-state index contributed by atoms with van der Waals surface area (Å²) in [6.45, 7) is 7.16. The van der Waals surface area contributed by atoms with E-state index in [0.29, 0.717) is 11.9 Å². The number of carbonyl (C=O) groups excluding carboxylic acids is 1. The first-order valence-corrected chi connectivity index (χ1v) is 7.81. The normalized spacial score (nSPS) is 19.2. The highest BCUT2D eigenvalue weighted by molar-refractivity contribution is 5.84. The number of nitrogens with zero attached hydrogens (tertiary/aromatic N) is 1. The van der Waals surface area contributed by atoms with Gasteiger partial charge in [-0.15, -0.1) is 0 Å². The zero-order valence-electron chi connectivity index (χ0n) is 13.3. The molecule has 0 spiro atoms. The lowest BCUT2D eigenvalue weighted by atomic mass is 9.86. The molecule has 4 heteroatoms. The summed E-state index contributed by atoms with van der Waals surface area (Å²) < 4.78 is 1.58. The molecule has 1 unspecified atom stereocenters. The Labute approximate surface area is 130 Å². The van der Waals surface area contributed by atoms with Gasteiger partial charge in [0.15, 0.2) is 0 Å². The number of amides is 1. The second-order valence-electron chi connectivity index (χ2n) is 7.03. The van der Waals surface area contributed by atoms with Crippen LogP contribution < -0.4 is 10.9 Å². The SMILES string of the molecule is CC(C)(C)c1ccc2c(=O)n(C3CCCNC3=O)ccc2c1.